The van der Waals surface area contributed by atoms with E-state index in [1.807, 2.05) is 12.3 Å². The first-order chi connectivity index (χ1) is 9.49. The van der Waals surface area contributed by atoms with Crippen molar-refractivity contribution >= 4 is 5.69 Å². The summed E-state index contributed by atoms with van der Waals surface area (Å²) in [6.07, 6.45) is 1.90. The number of nitrogens with one attached hydrogen (secondary N) is 1. The van der Waals surface area contributed by atoms with Crippen LogP contribution in [0, 0.1) is 0 Å². The van der Waals surface area contributed by atoms with Gasteiger partial charge in [-0.3, -0.25) is 14.8 Å². The van der Waals surface area contributed by atoms with Crippen LogP contribution in [0.2, 0.25) is 0 Å². The number of hydrogen-bond acceptors (Lipinski definition) is 4. The Morgan fingerprint density at radius 3 is 2.50 bits per heavy atom. The van der Waals surface area contributed by atoms with Crippen LogP contribution in [0.3, 0.4) is 0 Å². The second kappa shape index (κ2) is 6.55. The van der Waals surface area contributed by atoms with Crippen LogP contribution < -0.4 is 5.32 Å². The molecule has 2 rings (SSSR count). The van der Waals surface area contributed by atoms with Gasteiger partial charge in [0, 0.05) is 56.7 Å². The summed E-state index contributed by atoms with van der Waals surface area (Å²) in [6, 6.07) is 4.20. The average molecular weight is 276 g/mol. The Hall–Kier alpha value is -1.13. The van der Waals surface area contributed by atoms with Crippen molar-refractivity contribution in [2.75, 3.05) is 38.0 Å². The van der Waals surface area contributed by atoms with E-state index in [4.69, 9.17) is 0 Å². The minimum atomic E-state index is 0.287. The number of pyridine rings is 1. The molecule has 20 heavy (non-hydrogen) atoms. The Morgan fingerprint density at radius 1 is 1.20 bits per heavy atom. The minimum absolute atomic E-state index is 0.287. The SMILES string of the molecule is CCNc1ccnc(CN2CCN(C(C)(C)C)CC2)c1. The molecule has 2 heterocycles. The Bertz CT molecular complexity index is 417. The van der Waals surface area contributed by atoms with Gasteiger partial charge in [0.25, 0.3) is 0 Å². The van der Waals surface area contributed by atoms with Gasteiger partial charge in [0.05, 0.1) is 5.69 Å². The molecular formula is C16H28N4. The van der Waals surface area contributed by atoms with Gasteiger partial charge in [-0.25, -0.2) is 0 Å². The van der Waals surface area contributed by atoms with Crippen molar-refractivity contribution < 1.29 is 0 Å². The van der Waals surface area contributed by atoms with Crippen LogP contribution in [0.25, 0.3) is 0 Å². The van der Waals surface area contributed by atoms with E-state index in [0.717, 1.165) is 45.0 Å². The lowest BCUT2D eigenvalue weighted by atomic mass is 10.0. The molecule has 0 radical (unpaired) electrons. The van der Waals surface area contributed by atoms with Crippen LogP contribution in [0.1, 0.15) is 33.4 Å². The molecular weight excluding hydrogens is 248 g/mol. The molecule has 0 aromatic carbocycles. The van der Waals surface area contributed by atoms with Gasteiger partial charge in [0.2, 0.25) is 0 Å². The van der Waals surface area contributed by atoms with E-state index in [2.05, 4.69) is 53.9 Å². The predicted molar refractivity (Wildman–Crippen MR) is 85.0 cm³/mol. The average Bonchev–Trinajstić information content (AvgIpc) is 2.39. The quantitative estimate of drug-likeness (QED) is 0.915. The predicted octanol–water partition coefficient (Wildman–Crippen LogP) is 2.43. The lowest BCUT2D eigenvalue weighted by Crippen LogP contribution is -2.53. The molecule has 1 saturated heterocycles. The molecule has 1 N–H and O–H groups in total. The second-order valence-electron chi connectivity index (χ2n) is 6.50. The van der Waals surface area contributed by atoms with Gasteiger partial charge in [0.15, 0.2) is 0 Å². The summed E-state index contributed by atoms with van der Waals surface area (Å²) in [5, 5.41) is 3.35. The maximum atomic E-state index is 4.49. The fraction of sp³-hybridized carbons (Fsp3) is 0.688. The first-order valence-corrected chi connectivity index (χ1v) is 7.65. The van der Waals surface area contributed by atoms with Crippen LogP contribution in [0.15, 0.2) is 18.3 Å². The molecule has 0 aliphatic carbocycles. The van der Waals surface area contributed by atoms with E-state index >= 15 is 0 Å². The molecule has 4 nitrogen and oxygen atoms in total. The maximum Gasteiger partial charge on any atom is 0.0564 e. The van der Waals surface area contributed by atoms with Crippen molar-refractivity contribution in [2.24, 2.45) is 0 Å². The summed E-state index contributed by atoms with van der Waals surface area (Å²) < 4.78 is 0. The number of anilines is 1. The molecule has 0 bridgehead atoms. The van der Waals surface area contributed by atoms with Gasteiger partial charge in [-0.05, 0) is 39.8 Å². The summed E-state index contributed by atoms with van der Waals surface area (Å²) in [4.78, 5) is 9.55. The molecule has 1 fully saturated rings. The van der Waals surface area contributed by atoms with Crippen molar-refractivity contribution in [3.63, 3.8) is 0 Å². The molecule has 0 amide bonds. The molecule has 4 heteroatoms. The zero-order valence-corrected chi connectivity index (χ0v) is 13.3. The standard InChI is InChI=1S/C16H28N4/c1-5-17-14-6-7-18-15(12-14)13-19-8-10-20(11-9-19)16(2,3)4/h6-7,12H,5,8-11,13H2,1-4H3,(H,17,18). The number of piperazine rings is 1. The van der Waals surface area contributed by atoms with Crippen molar-refractivity contribution in [3.05, 3.63) is 24.0 Å². The smallest absolute Gasteiger partial charge is 0.0564 e. The topological polar surface area (TPSA) is 31.4 Å². The van der Waals surface area contributed by atoms with Crippen LogP contribution in [0.5, 0.6) is 0 Å². The number of rotatable bonds is 4. The van der Waals surface area contributed by atoms with Gasteiger partial charge in [-0.1, -0.05) is 0 Å². The van der Waals surface area contributed by atoms with Crippen LogP contribution in [0.4, 0.5) is 5.69 Å². The molecule has 1 aliphatic rings. The molecule has 1 aromatic rings. The third kappa shape index (κ3) is 4.18. The van der Waals surface area contributed by atoms with E-state index < -0.39 is 0 Å². The van der Waals surface area contributed by atoms with E-state index in [0.29, 0.717) is 0 Å². The molecule has 112 valence electrons. The zero-order valence-electron chi connectivity index (χ0n) is 13.3. The first-order valence-electron chi connectivity index (χ1n) is 7.65. The van der Waals surface area contributed by atoms with Gasteiger partial charge in [0.1, 0.15) is 0 Å². The molecule has 1 aromatic heterocycles. The first kappa shape index (κ1) is 15.3. The summed E-state index contributed by atoms with van der Waals surface area (Å²) in [5.41, 5.74) is 2.62. The summed E-state index contributed by atoms with van der Waals surface area (Å²) in [6.45, 7) is 15.5. The third-order valence-electron chi connectivity index (χ3n) is 3.90. The monoisotopic (exact) mass is 276 g/mol. The van der Waals surface area contributed by atoms with Gasteiger partial charge in [-0.2, -0.15) is 0 Å². The van der Waals surface area contributed by atoms with Crippen LogP contribution in [-0.4, -0.2) is 53.0 Å². The van der Waals surface area contributed by atoms with E-state index in [1.165, 1.54) is 5.69 Å². The van der Waals surface area contributed by atoms with Crippen molar-refractivity contribution in [1.29, 1.82) is 0 Å². The molecule has 1 aliphatic heterocycles. The van der Waals surface area contributed by atoms with E-state index in [-0.39, 0.29) is 5.54 Å². The highest BCUT2D eigenvalue weighted by atomic mass is 15.3. The molecule has 0 spiro atoms. The van der Waals surface area contributed by atoms with E-state index in [9.17, 15) is 0 Å². The van der Waals surface area contributed by atoms with Crippen molar-refractivity contribution in [1.82, 2.24) is 14.8 Å². The molecule has 0 atom stereocenters. The van der Waals surface area contributed by atoms with Gasteiger partial charge < -0.3 is 5.32 Å². The number of nitrogens with zero attached hydrogens (tertiary/aromatic N) is 3. The number of aromatic nitrogens is 1. The number of hydrogen-bond donors (Lipinski definition) is 1. The second-order valence-corrected chi connectivity index (χ2v) is 6.50. The van der Waals surface area contributed by atoms with Crippen LogP contribution >= 0.6 is 0 Å². The van der Waals surface area contributed by atoms with Crippen LogP contribution in [-0.2, 0) is 6.54 Å². The van der Waals surface area contributed by atoms with Crippen molar-refractivity contribution in [2.45, 2.75) is 39.8 Å². The lowest BCUT2D eigenvalue weighted by molar-refractivity contribution is 0.0586. The Labute approximate surface area is 123 Å². The van der Waals surface area contributed by atoms with Crippen molar-refractivity contribution in [3.8, 4) is 0 Å². The van der Waals surface area contributed by atoms with Gasteiger partial charge in [-0.15, -0.1) is 0 Å². The Balaban J connectivity index is 1.88. The fourth-order valence-electron chi connectivity index (χ4n) is 2.68. The highest BCUT2D eigenvalue weighted by Crippen LogP contribution is 2.17. The zero-order chi connectivity index (χ0) is 14.6. The summed E-state index contributed by atoms with van der Waals surface area (Å²) in [7, 11) is 0. The Morgan fingerprint density at radius 2 is 1.90 bits per heavy atom. The normalized spacial score (nSPS) is 18.2. The molecule has 0 unspecified atom stereocenters. The largest absolute Gasteiger partial charge is 0.385 e. The third-order valence-corrected chi connectivity index (χ3v) is 3.90. The summed E-state index contributed by atoms with van der Waals surface area (Å²) in [5.74, 6) is 0. The maximum absolute atomic E-state index is 4.49. The Kier molecular flexibility index (Phi) is 5.00. The summed E-state index contributed by atoms with van der Waals surface area (Å²) >= 11 is 0. The fourth-order valence-corrected chi connectivity index (χ4v) is 2.68. The highest BCUT2D eigenvalue weighted by Gasteiger charge is 2.25. The molecule has 0 saturated carbocycles. The lowest BCUT2D eigenvalue weighted by Gasteiger charge is -2.42. The van der Waals surface area contributed by atoms with Gasteiger partial charge >= 0.3 is 0 Å². The highest BCUT2D eigenvalue weighted by molar-refractivity contribution is 5.42. The van der Waals surface area contributed by atoms with E-state index in [1.54, 1.807) is 0 Å². The minimum Gasteiger partial charge on any atom is -0.385 e.